The maximum Gasteiger partial charge on any atom is 0.410 e. The highest BCUT2D eigenvalue weighted by atomic mass is 16.6. The first-order chi connectivity index (χ1) is 16.5. The Labute approximate surface area is 204 Å². The lowest BCUT2D eigenvalue weighted by atomic mass is 9.68. The summed E-state index contributed by atoms with van der Waals surface area (Å²) >= 11 is 0. The summed E-state index contributed by atoms with van der Waals surface area (Å²) in [6, 6.07) is 10.0. The second-order valence-electron chi connectivity index (χ2n) is 10.9. The SMILES string of the molecule is CCCC(=O)N1Cc2ccccc2C2(CCN(C3CCC4CCC(C3)N4C(=O)OCC)CC2)C1. The predicted octanol–water partition coefficient (Wildman–Crippen LogP) is 4.70. The third-order valence-corrected chi connectivity index (χ3v) is 9.01. The average Bonchev–Trinajstić information content (AvgIpc) is 3.14. The van der Waals surface area contributed by atoms with Crippen LogP contribution in [0.5, 0.6) is 0 Å². The average molecular weight is 468 g/mol. The molecule has 0 saturated carbocycles. The molecule has 1 aromatic rings. The number of rotatable bonds is 4. The zero-order valence-electron chi connectivity index (χ0n) is 21.0. The monoisotopic (exact) mass is 467 g/mol. The molecule has 0 aromatic heterocycles. The Morgan fingerprint density at radius 3 is 2.44 bits per heavy atom. The molecule has 4 heterocycles. The lowest BCUT2D eigenvalue weighted by Gasteiger charge is -2.50. The lowest BCUT2D eigenvalue weighted by molar-refractivity contribution is -0.133. The normalized spacial score (nSPS) is 28.5. The molecule has 0 aliphatic carbocycles. The van der Waals surface area contributed by atoms with E-state index in [1.807, 2.05) is 6.92 Å². The smallest absolute Gasteiger partial charge is 0.410 e. The van der Waals surface area contributed by atoms with Crippen molar-refractivity contribution in [3.63, 3.8) is 0 Å². The van der Waals surface area contributed by atoms with Crippen molar-refractivity contribution >= 4 is 12.0 Å². The highest BCUT2D eigenvalue weighted by molar-refractivity contribution is 5.76. The second-order valence-corrected chi connectivity index (χ2v) is 10.9. The number of likely N-dealkylation sites (tertiary alicyclic amines) is 1. The van der Waals surface area contributed by atoms with Gasteiger partial charge in [-0.25, -0.2) is 4.79 Å². The molecular weight excluding hydrogens is 426 g/mol. The quantitative estimate of drug-likeness (QED) is 0.644. The number of ether oxygens (including phenoxy) is 1. The van der Waals surface area contributed by atoms with Gasteiger partial charge in [0.05, 0.1) is 6.61 Å². The van der Waals surface area contributed by atoms with Crippen LogP contribution in [-0.2, 0) is 21.5 Å². The fraction of sp³-hybridized carbons (Fsp3) is 0.714. The van der Waals surface area contributed by atoms with Crippen LogP contribution in [-0.4, -0.2) is 71.1 Å². The first-order valence-corrected chi connectivity index (χ1v) is 13.6. The van der Waals surface area contributed by atoms with Crippen molar-refractivity contribution in [2.45, 2.75) is 102 Å². The van der Waals surface area contributed by atoms with Crippen LogP contribution in [0, 0.1) is 0 Å². The standard InChI is InChI=1S/C28H41N3O3/c1-3-7-26(32)30-19-21-8-5-6-9-25(21)28(20-30)14-16-29(17-15-28)23-12-10-22-11-13-24(18-23)31(22)27(33)34-4-2/h5-6,8-9,22-24H,3-4,7,10-20H2,1-2H3. The Morgan fingerprint density at radius 2 is 1.71 bits per heavy atom. The Hall–Kier alpha value is -2.08. The van der Waals surface area contributed by atoms with E-state index in [1.54, 1.807) is 0 Å². The van der Waals surface area contributed by atoms with Gasteiger partial charge in [0.15, 0.2) is 0 Å². The molecule has 2 bridgehead atoms. The topological polar surface area (TPSA) is 53.1 Å². The Kier molecular flexibility index (Phi) is 6.88. The van der Waals surface area contributed by atoms with E-state index in [9.17, 15) is 9.59 Å². The van der Waals surface area contributed by atoms with Crippen molar-refractivity contribution in [1.29, 1.82) is 0 Å². The summed E-state index contributed by atoms with van der Waals surface area (Å²) in [4.78, 5) is 32.4. The molecule has 3 saturated heterocycles. The van der Waals surface area contributed by atoms with Gasteiger partial charge < -0.3 is 19.4 Å². The van der Waals surface area contributed by atoms with Crippen molar-refractivity contribution in [1.82, 2.24) is 14.7 Å². The molecule has 6 nitrogen and oxygen atoms in total. The number of nitrogens with zero attached hydrogens (tertiary/aromatic N) is 3. The molecule has 3 atom stereocenters. The zero-order valence-corrected chi connectivity index (χ0v) is 21.0. The number of piperidine rings is 1. The number of carbonyl (C=O) groups is 2. The van der Waals surface area contributed by atoms with Gasteiger partial charge in [0, 0.05) is 43.1 Å². The van der Waals surface area contributed by atoms with Crippen LogP contribution < -0.4 is 0 Å². The molecule has 5 rings (SSSR count). The first-order valence-electron chi connectivity index (χ1n) is 13.6. The molecule has 0 N–H and O–H groups in total. The van der Waals surface area contributed by atoms with Crippen LogP contribution >= 0.6 is 0 Å². The van der Waals surface area contributed by atoms with Gasteiger partial charge in [-0.3, -0.25) is 4.79 Å². The number of carbonyl (C=O) groups excluding carboxylic acids is 2. The molecule has 3 fully saturated rings. The maximum absolute atomic E-state index is 12.9. The van der Waals surface area contributed by atoms with E-state index >= 15 is 0 Å². The number of benzene rings is 1. The van der Waals surface area contributed by atoms with Gasteiger partial charge in [-0.1, -0.05) is 31.2 Å². The summed E-state index contributed by atoms with van der Waals surface area (Å²) in [6.45, 7) is 8.21. The largest absolute Gasteiger partial charge is 0.450 e. The van der Waals surface area contributed by atoms with Crippen LogP contribution in [0.25, 0.3) is 0 Å². The van der Waals surface area contributed by atoms with E-state index < -0.39 is 0 Å². The summed E-state index contributed by atoms with van der Waals surface area (Å²) in [6.07, 6.45) is 9.21. The van der Waals surface area contributed by atoms with Crippen molar-refractivity contribution in [3.8, 4) is 0 Å². The van der Waals surface area contributed by atoms with Gasteiger partial charge in [0.1, 0.15) is 0 Å². The fourth-order valence-corrected chi connectivity index (χ4v) is 7.30. The van der Waals surface area contributed by atoms with Crippen LogP contribution in [0.15, 0.2) is 24.3 Å². The summed E-state index contributed by atoms with van der Waals surface area (Å²) in [7, 11) is 0. The van der Waals surface area contributed by atoms with Crippen molar-refractivity contribution in [2.75, 3.05) is 26.2 Å². The van der Waals surface area contributed by atoms with Gasteiger partial charge >= 0.3 is 6.09 Å². The van der Waals surface area contributed by atoms with E-state index in [-0.39, 0.29) is 11.5 Å². The summed E-state index contributed by atoms with van der Waals surface area (Å²) in [5, 5.41) is 0. The Bertz CT molecular complexity index is 895. The van der Waals surface area contributed by atoms with Crippen LogP contribution in [0.3, 0.4) is 0 Å². The highest BCUT2D eigenvalue weighted by Crippen LogP contribution is 2.44. The minimum absolute atomic E-state index is 0.0788. The van der Waals surface area contributed by atoms with Gasteiger partial charge in [0.25, 0.3) is 0 Å². The Morgan fingerprint density at radius 1 is 1.00 bits per heavy atom. The van der Waals surface area contributed by atoms with E-state index in [2.05, 4.69) is 45.9 Å². The molecular formula is C28H41N3O3. The van der Waals surface area contributed by atoms with Crippen LogP contribution in [0.2, 0.25) is 0 Å². The lowest BCUT2D eigenvalue weighted by Crippen LogP contribution is -2.55. The minimum atomic E-state index is -0.108. The number of hydrogen-bond acceptors (Lipinski definition) is 4. The molecule has 34 heavy (non-hydrogen) atoms. The molecule has 4 aliphatic heterocycles. The molecule has 0 radical (unpaired) electrons. The third kappa shape index (κ3) is 4.34. The van der Waals surface area contributed by atoms with Crippen LogP contribution in [0.4, 0.5) is 4.79 Å². The molecule has 186 valence electrons. The maximum atomic E-state index is 12.9. The number of hydrogen-bond donors (Lipinski definition) is 0. The van der Waals surface area contributed by atoms with Crippen LogP contribution in [0.1, 0.15) is 82.8 Å². The molecule has 3 unspecified atom stereocenters. The Balaban J connectivity index is 1.29. The minimum Gasteiger partial charge on any atom is -0.450 e. The second kappa shape index (κ2) is 9.88. The number of fused-ring (bicyclic) bond motifs is 4. The van der Waals surface area contributed by atoms with Crippen molar-refractivity contribution < 1.29 is 14.3 Å². The predicted molar refractivity (Wildman–Crippen MR) is 133 cm³/mol. The first kappa shape index (κ1) is 23.7. The summed E-state index contributed by atoms with van der Waals surface area (Å²) in [5.41, 5.74) is 2.89. The van der Waals surface area contributed by atoms with Crippen molar-refractivity contribution in [3.05, 3.63) is 35.4 Å². The highest BCUT2D eigenvalue weighted by Gasteiger charge is 2.46. The van der Waals surface area contributed by atoms with Crippen molar-refractivity contribution in [2.24, 2.45) is 0 Å². The molecule has 2 amide bonds. The summed E-state index contributed by atoms with van der Waals surface area (Å²) < 4.78 is 5.39. The van der Waals surface area contributed by atoms with E-state index in [0.29, 0.717) is 37.1 Å². The summed E-state index contributed by atoms with van der Waals surface area (Å²) in [5.74, 6) is 0.303. The third-order valence-electron chi connectivity index (χ3n) is 9.01. The molecule has 6 heteroatoms. The zero-order chi connectivity index (χ0) is 23.7. The van der Waals surface area contributed by atoms with Gasteiger partial charge in [-0.05, 0) is 82.5 Å². The van der Waals surface area contributed by atoms with E-state index in [4.69, 9.17) is 4.74 Å². The van der Waals surface area contributed by atoms with Gasteiger partial charge in [0.2, 0.25) is 5.91 Å². The van der Waals surface area contributed by atoms with E-state index in [1.165, 1.54) is 17.5 Å². The van der Waals surface area contributed by atoms with E-state index in [0.717, 1.165) is 71.1 Å². The number of amides is 2. The van der Waals surface area contributed by atoms with Gasteiger partial charge in [-0.2, -0.15) is 0 Å². The fourth-order valence-electron chi connectivity index (χ4n) is 7.30. The van der Waals surface area contributed by atoms with Gasteiger partial charge in [-0.15, -0.1) is 0 Å². The molecule has 4 aliphatic rings. The molecule has 1 spiro atoms. The molecule has 1 aromatic carbocycles.